The number of hydrogen-bond acceptors (Lipinski definition) is 5. The first-order chi connectivity index (χ1) is 13.8. The van der Waals surface area contributed by atoms with Crippen LogP contribution in [0.25, 0.3) is 0 Å². The fourth-order valence-corrected chi connectivity index (χ4v) is 2.79. The van der Waals surface area contributed by atoms with Crippen LogP contribution in [0.3, 0.4) is 0 Å². The van der Waals surface area contributed by atoms with Crippen molar-refractivity contribution < 1.29 is 27.8 Å². The van der Waals surface area contributed by atoms with E-state index in [4.69, 9.17) is 4.74 Å². The molecule has 2 rings (SSSR count). The van der Waals surface area contributed by atoms with E-state index in [-0.39, 0.29) is 35.9 Å². The van der Waals surface area contributed by atoms with Gasteiger partial charge in [0.2, 0.25) is 5.91 Å². The van der Waals surface area contributed by atoms with E-state index in [0.717, 1.165) is 18.4 Å². The summed E-state index contributed by atoms with van der Waals surface area (Å²) in [7, 11) is 0. The molecule has 0 unspecified atom stereocenters. The number of benzene rings is 1. The summed E-state index contributed by atoms with van der Waals surface area (Å²) in [5.74, 6) is 0.109. The minimum absolute atomic E-state index is 0.0249. The third-order valence-corrected chi connectivity index (χ3v) is 4.24. The molecule has 162 valence electrons. The number of rotatable bonds is 11. The van der Waals surface area contributed by atoms with Crippen LogP contribution in [0, 0.1) is 5.92 Å². The van der Waals surface area contributed by atoms with Gasteiger partial charge < -0.3 is 14.8 Å². The van der Waals surface area contributed by atoms with Crippen LogP contribution in [0.2, 0.25) is 0 Å². The van der Waals surface area contributed by atoms with E-state index in [0.29, 0.717) is 19.7 Å². The van der Waals surface area contributed by atoms with E-state index in [1.165, 1.54) is 6.07 Å². The summed E-state index contributed by atoms with van der Waals surface area (Å²) in [6, 6.07) is 4.50. The average Bonchev–Trinajstić information content (AvgIpc) is 3.46. The third kappa shape index (κ3) is 8.23. The zero-order valence-electron chi connectivity index (χ0n) is 17.0. The van der Waals surface area contributed by atoms with Crippen LogP contribution in [0.15, 0.2) is 18.2 Å². The maximum Gasteiger partial charge on any atom is 0.387 e. The first-order valence-corrected chi connectivity index (χ1v) is 9.80. The highest BCUT2D eigenvalue weighted by Crippen LogP contribution is 2.32. The molecule has 1 aromatic carbocycles. The van der Waals surface area contributed by atoms with E-state index in [1.807, 2.05) is 18.7 Å². The molecule has 9 heteroatoms. The Morgan fingerprint density at radius 3 is 2.55 bits per heavy atom. The van der Waals surface area contributed by atoms with Crippen molar-refractivity contribution in [1.82, 2.24) is 15.5 Å². The summed E-state index contributed by atoms with van der Waals surface area (Å²) in [5.41, 5.74) is 0.805. The molecule has 0 heterocycles. The van der Waals surface area contributed by atoms with Crippen molar-refractivity contribution in [1.29, 1.82) is 0 Å². The lowest BCUT2D eigenvalue weighted by atomic mass is 10.2. The zero-order chi connectivity index (χ0) is 21.4. The van der Waals surface area contributed by atoms with Crippen LogP contribution < -0.4 is 20.1 Å². The molecule has 7 nitrogen and oxygen atoms in total. The number of urea groups is 1. The number of carbonyl (C=O) groups excluding carboxylic acids is 2. The number of hydrogen-bond donors (Lipinski definition) is 2. The maximum absolute atomic E-state index is 12.5. The molecule has 1 aliphatic carbocycles. The Morgan fingerprint density at radius 2 is 1.97 bits per heavy atom. The lowest BCUT2D eigenvalue weighted by Gasteiger charge is -2.22. The lowest BCUT2D eigenvalue weighted by molar-refractivity contribution is -0.121. The first kappa shape index (κ1) is 22.9. The Labute approximate surface area is 169 Å². The lowest BCUT2D eigenvalue weighted by Crippen LogP contribution is -2.45. The van der Waals surface area contributed by atoms with Crippen molar-refractivity contribution in [3.05, 3.63) is 23.8 Å². The van der Waals surface area contributed by atoms with Crippen molar-refractivity contribution in [2.45, 2.75) is 52.8 Å². The Hall–Kier alpha value is -2.42. The summed E-state index contributed by atoms with van der Waals surface area (Å²) < 4.78 is 35.0. The van der Waals surface area contributed by atoms with Gasteiger partial charge in [-0.25, -0.2) is 4.79 Å². The molecule has 0 bridgehead atoms. The van der Waals surface area contributed by atoms with Gasteiger partial charge in [0, 0.05) is 19.1 Å². The number of alkyl halides is 2. The quantitative estimate of drug-likeness (QED) is 0.583. The number of nitrogens with one attached hydrogen (secondary N) is 2. The van der Waals surface area contributed by atoms with Crippen LogP contribution in [0.1, 0.15) is 39.2 Å². The molecule has 29 heavy (non-hydrogen) atoms. The number of amides is 3. The smallest absolute Gasteiger partial charge is 0.387 e. The molecule has 0 aliphatic heterocycles. The zero-order valence-corrected chi connectivity index (χ0v) is 17.0. The summed E-state index contributed by atoms with van der Waals surface area (Å²) in [6.45, 7) is 4.04. The van der Waals surface area contributed by atoms with E-state index in [2.05, 4.69) is 15.4 Å². The largest absolute Gasteiger partial charge is 0.490 e. The minimum atomic E-state index is -2.94. The number of nitrogens with zero attached hydrogens (tertiary/aromatic N) is 1. The van der Waals surface area contributed by atoms with Gasteiger partial charge in [-0.15, -0.1) is 0 Å². The van der Waals surface area contributed by atoms with Crippen molar-refractivity contribution in [3.63, 3.8) is 0 Å². The number of ether oxygens (including phenoxy) is 2. The van der Waals surface area contributed by atoms with Gasteiger partial charge in [-0.2, -0.15) is 8.78 Å². The fraction of sp³-hybridized carbons (Fsp3) is 0.600. The van der Waals surface area contributed by atoms with E-state index in [9.17, 15) is 18.4 Å². The number of carbonyl (C=O) groups is 2. The third-order valence-electron chi connectivity index (χ3n) is 4.24. The molecular weight excluding hydrogens is 384 g/mol. The van der Waals surface area contributed by atoms with Crippen LogP contribution >= 0.6 is 0 Å². The standard InChI is InChI=1S/C20H29F2N3O4/c1-4-28-17-9-14(5-8-16(17)29-19(21)22)11-25(15-6-7-15)12-18(26)24-20(27)23-10-13(2)3/h5,8-9,13,15,19H,4,6-7,10-12H2,1-3H3,(H2,23,24,26,27). The Bertz CT molecular complexity index is 696. The molecule has 0 radical (unpaired) electrons. The SMILES string of the molecule is CCOc1cc(CN(CC(=O)NC(=O)NCC(C)C)C2CC2)ccc1OC(F)F. The van der Waals surface area contributed by atoms with E-state index in [1.54, 1.807) is 19.1 Å². The number of halogens is 2. The van der Waals surface area contributed by atoms with Crippen molar-refractivity contribution >= 4 is 11.9 Å². The minimum Gasteiger partial charge on any atom is -0.490 e. The van der Waals surface area contributed by atoms with Crippen LogP contribution in [0.4, 0.5) is 13.6 Å². The summed E-state index contributed by atoms with van der Waals surface area (Å²) in [5, 5.41) is 4.98. The van der Waals surface area contributed by atoms with Gasteiger partial charge in [0.1, 0.15) is 0 Å². The van der Waals surface area contributed by atoms with E-state index >= 15 is 0 Å². The van der Waals surface area contributed by atoms with Gasteiger partial charge in [0.25, 0.3) is 0 Å². The molecule has 0 saturated heterocycles. The second-order valence-corrected chi connectivity index (χ2v) is 7.38. The van der Waals surface area contributed by atoms with Crippen molar-refractivity contribution in [2.75, 3.05) is 19.7 Å². The van der Waals surface area contributed by atoms with Crippen LogP contribution in [0.5, 0.6) is 11.5 Å². The van der Waals surface area contributed by atoms with Gasteiger partial charge in [0.15, 0.2) is 11.5 Å². The molecule has 1 fully saturated rings. The molecular formula is C20H29F2N3O4. The molecule has 3 amide bonds. The molecule has 0 spiro atoms. The van der Waals surface area contributed by atoms with Gasteiger partial charge in [0.05, 0.1) is 13.2 Å². The normalized spacial score (nSPS) is 13.7. The molecule has 1 saturated carbocycles. The topological polar surface area (TPSA) is 79.9 Å². The van der Waals surface area contributed by atoms with Crippen LogP contribution in [-0.2, 0) is 11.3 Å². The van der Waals surface area contributed by atoms with E-state index < -0.39 is 12.6 Å². The van der Waals surface area contributed by atoms with Crippen molar-refractivity contribution in [3.8, 4) is 11.5 Å². The fourth-order valence-electron chi connectivity index (χ4n) is 2.79. The first-order valence-electron chi connectivity index (χ1n) is 9.80. The van der Waals surface area contributed by atoms with Gasteiger partial charge >= 0.3 is 12.6 Å². The summed E-state index contributed by atoms with van der Waals surface area (Å²) in [6.07, 6.45) is 1.94. The van der Waals surface area contributed by atoms with Crippen molar-refractivity contribution in [2.24, 2.45) is 5.92 Å². The predicted molar refractivity (Wildman–Crippen MR) is 104 cm³/mol. The van der Waals surface area contributed by atoms with Gasteiger partial charge in [-0.3, -0.25) is 15.0 Å². The molecule has 1 aromatic rings. The summed E-state index contributed by atoms with van der Waals surface area (Å²) >= 11 is 0. The second-order valence-electron chi connectivity index (χ2n) is 7.38. The highest BCUT2D eigenvalue weighted by molar-refractivity contribution is 5.95. The average molecular weight is 413 g/mol. The highest BCUT2D eigenvalue weighted by atomic mass is 19.3. The molecule has 1 aliphatic rings. The van der Waals surface area contributed by atoms with Gasteiger partial charge in [-0.1, -0.05) is 19.9 Å². The predicted octanol–water partition coefficient (Wildman–Crippen LogP) is 3.13. The molecule has 0 atom stereocenters. The molecule has 2 N–H and O–H groups in total. The monoisotopic (exact) mass is 413 g/mol. The maximum atomic E-state index is 12.5. The Balaban J connectivity index is 1.98. The Morgan fingerprint density at radius 1 is 1.24 bits per heavy atom. The highest BCUT2D eigenvalue weighted by Gasteiger charge is 2.30. The second kappa shape index (κ2) is 10.9. The Kier molecular flexibility index (Phi) is 8.63. The van der Waals surface area contributed by atoms with Crippen LogP contribution in [-0.4, -0.2) is 49.2 Å². The van der Waals surface area contributed by atoms with Gasteiger partial charge in [-0.05, 0) is 43.4 Å². The number of imide groups is 1. The molecule has 0 aromatic heterocycles. The summed E-state index contributed by atoms with van der Waals surface area (Å²) in [4.78, 5) is 26.0.